The minimum atomic E-state index is 0.531. The van der Waals surface area contributed by atoms with Crippen LogP contribution in [0.25, 0.3) is 0 Å². The van der Waals surface area contributed by atoms with E-state index < -0.39 is 0 Å². The Morgan fingerprint density at radius 1 is 0.840 bits per heavy atom. The van der Waals surface area contributed by atoms with Crippen molar-refractivity contribution in [3.63, 3.8) is 0 Å². The van der Waals surface area contributed by atoms with Crippen molar-refractivity contribution in [3.05, 3.63) is 35.4 Å². The van der Waals surface area contributed by atoms with Gasteiger partial charge in [0.25, 0.3) is 0 Å². The first-order valence-electron chi connectivity index (χ1n) is 11.0. The van der Waals surface area contributed by atoms with Crippen LogP contribution in [0.5, 0.6) is 0 Å². The predicted octanol–water partition coefficient (Wildman–Crippen LogP) is 6.90. The Labute approximate surface area is 155 Å². The summed E-state index contributed by atoms with van der Waals surface area (Å²) in [5.41, 5.74) is 3.10. The van der Waals surface area contributed by atoms with Gasteiger partial charge in [-0.2, -0.15) is 0 Å². The normalized spacial score (nSPS) is 30.3. The zero-order valence-electron chi connectivity index (χ0n) is 16.5. The molecular formula is C24H38O. The molecule has 1 heterocycles. The Hall–Kier alpha value is -0.820. The highest BCUT2D eigenvalue weighted by molar-refractivity contribution is 5.26. The zero-order chi connectivity index (χ0) is 17.5. The second-order valence-corrected chi connectivity index (χ2v) is 8.59. The Morgan fingerprint density at radius 3 is 2.16 bits per heavy atom. The van der Waals surface area contributed by atoms with Crippen LogP contribution in [0.3, 0.4) is 0 Å². The van der Waals surface area contributed by atoms with Crippen molar-refractivity contribution in [3.8, 4) is 0 Å². The Morgan fingerprint density at radius 2 is 1.56 bits per heavy atom. The topological polar surface area (TPSA) is 9.23 Å². The van der Waals surface area contributed by atoms with Gasteiger partial charge in [0.2, 0.25) is 0 Å². The van der Waals surface area contributed by atoms with Crippen LogP contribution >= 0.6 is 0 Å². The molecule has 0 spiro atoms. The van der Waals surface area contributed by atoms with Gasteiger partial charge in [0.05, 0.1) is 6.10 Å². The minimum Gasteiger partial charge on any atom is -0.378 e. The molecule has 2 aliphatic rings. The average molecular weight is 343 g/mol. The number of benzene rings is 1. The summed E-state index contributed by atoms with van der Waals surface area (Å²) in [5.74, 6) is 2.60. The molecule has 3 rings (SSSR count). The third-order valence-corrected chi connectivity index (χ3v) is 6.76. The van der Waals surface area contributed by atoms with Gasteiger partial charge >= 0.3 is 0 Å². The van der Waals surface area contributed by atoms with Gasteiger partial charge in [-0.05, 0) is 86.7 Å². The first-order chi connectivity index (χ1) is 12.3. The summed E-state index contributed by atoms with van der Waals surface area (Å²) in [6.07, 6.45) is 15.3. The van der Waals surface area contributed by atoms with Crippen molar-refractivity contribution in [1.82, 2.24) is 0 Å². The fourth-order valence-electron chi connectivity index (χ4n) is 4.93. The highest BCUT2D eigenvalue weighted by atomic mass is 16.5. The van der Waals surface area contributed by atoms with E-state index in [2.05, 4.69) is 38.1 Å². The third-order valence-electron chi connectivity index (χ3n) is 6.76. The summed E-state index contributed by atoms with van der Waals surface area (Å²) in [6.45, 7) is 5.55. The fourth-order valence-corrected chi connectivity index (χ4v) is 4.93. The molecule has 1 aliphatic carbocycles. The van der Waals surface area contributed by atoms with Crippen molar-refractivity contribution in [2.75, 3.05) is 6.61 Å². The summed E-state index contributed by atoms with van der Waals surface area (Å²) in [7, 11) is 0. The molecule has 0 bridgehead atoms. The Balaban J connectivity index is 1.42. The molecule has 140 valence electrons. The maximum absolute atomic E-state index is 5.95. The van der Waals surface area contributed by atoms with Crippen LogP contribution in [-0.4, -0.2) is 12.7 Å². The Kier molecular flexibility index (Phi) is 7.40. The molecule has 2 fully saturated rings. The second kappa shape index (κ2) is 9.76. The molecule has 1 nitrogen and oxygen atoms in total. The molecule has 1 saturated carbocycles. The van der Waals surface area contributed by atoms with E-state index in [1.165, 1.54) is 76.2 Å². The van der Waals surface area contributed by atoms with Crippen LogP contribution < -0.4 is 0 Å². The van der Waals surface area contributed by atoms with E-state index in [4.69, 9.17) is 4.74 Å². The number of aryl methyl sites for hydroxylation is 1. The van der Waals surface area contributed by atoms with Crippen molar-refractivity contribution in [2.45, 2.75) is 96.5 Å². The summed E-state index contributed by atoms with van der Waals surface area (Å²) in [6, 6.07) is 9.63. The number of hydrogen-bond donors (Lipinski definition) is 0. The fraction of sp³-hybridized carbons (Fsp3) is 0.750. The average Bonchev–Trinajstić information content (AvgIpc) is 2.68. The molecule has 0 aromatic heterocycles. The van der Waals surface area contributed by atoms with Crippen molar-refractivity contribution < 1.29 is 4.74 Å². The van der Waals surface area contributed by atoms with Crippen LogP contribution in [0, 0.1) is 11.8 Å². The zero-order valence-corrected chi connectivity index (χ0v) is 16.5. The maximum atomic E-state index is 5.95. The van der Waals surface area contributed by atoms with Gasteiger partial charge < -0.3 is 4.74 Å². The summed E-state index contributed by atoms with van der Waals surface area (Å²) in [4.78, 5) is 0. The molecule has 1 aromatic rings. The van der Waals surface area contributed by atoms with Crippen molar-refractivity contribution in [2.24, 2.45) is 11.8 Å². The first-order valence-corrected chi connectivity index (χ1v) is 11.0. The highest BCUT2D eigenvalue weighted by Crippen LogP contribution is 2.37. The largest absolute Gasteiger partial charge is 0.378 e. The van der Waals surface area contributed by atoms with E-state index >= 15 is 0 Å². The molecule has 1 saturated heterocycles. The van der Waals surface area contributed by atoms with Crippen LogP contribution in [-0.2, 0) is 11.2 Å². The summed E-state index contributed by atoms with van der Waals surface area (Å²) >= 11 is 0. The molecule has 2 unspecified atom stereocenters. The maximum Gasteiger partial charge on any atom is 0.0572 e. The van der Waals surface area contributed by atoms with E-state index in [9.17, 15) is 0 Å². The van der Waals surface area contributed by atoms with Gasteiger partial charge in [-0.3, -0.25) is 0 Å². The minimum absolute atomic E-state index is 0.531. The SMILES string of the molecule is CCCC1CCC(c2ccc(CCC3CCC(CC)OC3)cc2)CC1. The van der Waals surface area contributed by atoms with E-state index in [1.54, 1.807) is 5.56 Å². The molecule has 0 amide bonds. The van der Waals surface area contributed by atoms with Crippen LogP contribution in [0.15, 0.2) is 24.3 Å². The van der Waals surface area contributed by atoms with Gasteiger partial charge in [0.1, 0.15) is 0 Å². The lowest BCUT2D eigenvalue weighted by Gasteiger charge is -2.29. The number of hydrogen-bond acceptors (Lipinski definition) is 1. The van der Waals surface area contributed by atoms with E-state index in [0.29, 0.717) is 6.10 Å². The van der Waals surface area contributed by atoms with Gasteiger partial charge in [0.15, 0.2) is 0 Å². The highest BCUT2D eigenvalue weighted by Gasteiger charge is 2.22. The van der Waals surface area contributed by atoms with E-state index in [-0.39, 0.29) is 0 Å². The monoisotopic (exact) mass is 342 g/mol. The predicted molar refractivity (Wildman–Crippen MR) is 107 cm³/mol. The quantitative estimate of drug-likeness (QED) is 0.523. The van der Waals surface area contributed by atoms with Crippen molar-refractivity contribution in [1.29, 1.82) is 0 Å². The molecule has 1 aromatic carbocycles. The number of rotatable bonds is 7. The standard InChI is InChI=1S/C24H38O/c1-3-5-19-8-13-22(14-9-19)23-15-10-20(11-16-23)6-7-21-12-17-24(4-2)25-18-21/h10-11,15-16,19,21-22,24H,3-9,12-14,17-18H2,1-2H3. The van der Waals surface area contributed by atoms with Crippen LogP contribution in [0.2, 0.25) is 0 Å². The van der Waals surface area contributed by atoms with Crippen LogP contribution in [0.4, 0.5) is 0 Å². The molecule has 25 heavy (non-hydrogen) atoms. The molecule has 0 N–H and O–H groups in total. The van der Waals surface area contributed by atoms with E-state index in [0.717, 1.165) is 24.4 Å². The lowest BCUT2D eigenvalue weighted by molar-refractivity contribution is -0.0190. The lowest BCUT2D eigenvalue weighted by Crippen LogP contribution is -2.25. The van der Waals surface area contributed by atoms with Gasteiger partial charge in [-0.25, -0.2) is 0 Å². The first kappa shape index (κ1) is 19.0. The molecular weight excluding hydrogens is 304 g/mol. The number of ether oxygens (including phenoxy) is 1. The van der Waals surface area contributed by atoms with E-state index in [1.807, 2.05) is 0 Å². The van der Waals surface area contributed by atoms with Gasteiger partial charge in [-0.1, -0.05) is 51.0 Å². The Bertz CT molecular complexity index is 475. The van der Waals surface area contributed by atoms with Crippen LogP contribution in [0.1, 0.15) is 95.1 Å². The van der Waals surface area contributed by atoms with Gasteiger partial charge in [-0.15, -0.1) is 0 Å². The summed E-state index contributed by atoms with van der Waals surface area (Å²) < 4.78 is 5.95. The smallest absolute Gasteiger partial charge is 0.0572 e. The summed E-state index contributed by atoms with van der Waals surface area (Å²) in [5, 5.41) is 0. The van der Waals surface area contributed by atoms with Crippen molar-refractivity contribution >= 4 is 0 Å². The molecule has 1 heteroatoms. The second-order valence-electron chi connectivity index (χ2n) is 8.59. The van der Waals surface area contributed by atoms with Gasteiger partial charge in [0, 0.05) is 6.61 Å². The third kappa shape index (κ3) is 5.58. The molecule has 1 aliphatic heterocycles. The molecule has 0 radical (unpaired) electrons. The lowest BCUT2D eigenvalue weighted by atomic mass is 9.77. The molecule has 2 atom stereocenters.